The second-order valence-corrected chi connectivity index (χ2v) is 4.41. The van der Waals surface area contributed by atoms with Gasteiger partial charge in [-0.3, -0.25) is 4.79 Å². The molecule has 0 atom stereocenters. The van der Waals surface area contributed by atoms with Crippen LogP contribution in [0.2, 0.25) is 0 Å². The third-order valence-electron chi connectivity index (χ3n) is 3.25. The Kier molecular flexibility index (Phi) is 2.95. The molecule has 0 saturated heterocycles. The molecule has 0 radical (unpaired) electrons. The lowest BCUT2D eigenvalue weighted by Gasteiger charge is -2.10. The molecule has 0 saturated carbocycles. The predicted octanol–water partition coefficient (Wildman–Crippen LogP) is 3.03. The molecular formula is C15H14N2O3. The quantitative estimate of drug-likeness (QED) is 0.795. The van der Waals surface area contributed by atoms with Crippen LogP contribution >= 0.6 is 0 Å². The van der Waals surface area contributed by atoms with E-state index < -0.39 is 0 Å². The number of anilines is 1. The number of benzene rings is 1. The molecule has 0 spiro atoms. The summed E-state index contributed by atoms with van der Waals surface area (Å²) < 4.78 is 12.3. The first kappa shape index (κ1) is 12.3. The molecule has 2 heterocycles. The number of amides is 1. The fourth-order valence-electron chi connectivity index (χ4n) is 2.20. The maximum Gasteiger partial charge on any atom is 0.272 e. The largest absolute Gasteiger partial charge is 0.495 e. The molecule has 3 aromatic rings. The van der Waals surface area contributed by atoms with Gasteiger partial charge in [0.05, 0.1) is 24.6 Å². The van der Waals surface area contributed by atoms with Crippen LogP contribution in [0, 0.1) is 0 Å². The van der Waals surface area contributed by atoms with Crippen LogP contribution in [0.25, 0.3) is 11.1 Å². The summed E-state index contributed by atoms with van der Waals surface area (Å²) in [6, 6.07) is 10.8. The maximum absolute atomic E-state index is 12.3. The number of aromatic nitrogens is 1. The molecule has 0 aliphatic carbocycles. The lowest BCUT2D eigenvalue weighted by Crippen LogP contribution is -2.16. The van der Waals surface area contributed by atoms with E-state index in [9.17, 15) is 4.79 Å². The van der Waals surface area contributed by atoms with E-state index in [4.69, 9.17) is 9.15 Å². The van der Waals surface area contributed by atoms with Crippen LogP contribution in [0.15, 0.2) is 47.1 Å². The van der Waals surface area contributed by atoms with Crippen LogP contribution in [-0.2, 0) is 7.05 Å². The number of fused-ring (bicyclic) bond motifs is 1. The van der Waals surface area contributed by atoms with E-state index in [-0.39, 0.29) is 5.91 Å². The van der Waals surface area contributed by atoms with E-state index in [1.54, 1.807) is 36.1 Å². The molecule has 5 heteroatoms. The van der Waals surface area contributed by atoms with Crippen LogP contribution in [0.5, 0.6) is 5.75 Å². The number of nitrogens with zero attached hydrogens (tertiary/aromatic N) is 1. The molecule has 0 unspecified atom stereocenters. The van der Waals surface area contributed by atoms with E-state index in [0.717, 1.165) is 5.52 Å². The number of methoxy groups -OCH3 is 1. The van der Waals surface area contributed by atoms with Gasteiger partial charge in [0.15, 0.2) is 5.58 Å². The van der Waals surface area contributed by atoms with E-state index in [1.807, 2.05) is 25.2 Å². The monoisotopic (exact) mass is 270 g/mol. The highest BCUT2D eigenvalue weighted by Gasteiger charge is 2.16. The van der Waals surface area contributed by atoms with Gasteiger partial charge < -0.3 is 19.0 Å². The first-order valence-corrected chi connectivity index (χ1v) is 6.18. The molecule has 5 nitrogen and oxygen atoms in total. The van der Waals surface area contributed by atoms with Gasteiger partial charge in [0.1, 0.15) is 11.4 Å². The minimum Gasteiger partial charge on any atom is -0.495 e. The molecule has 1 N–H and O–H groups in total. The number of ether oxygens (including phenoxy) is 1. The van der Waals surface area contributed by atoms with Crippen LogP contribution in [0.3, 0.4) is 0 Å². The molecule has 2 aromatic heterocycles. The normalized spacial score (nSPS) is 10.7. The van der Waals surface area contributed by atoms with Crippen molar-refractivity contribution in [3.63, 3.8) is 0 Å². The number of rotatable bonds is 3. The zero-order chi connectivity index (χ0) is 14.1. The van der Waals surface area contributed by atoms with Crippen molar-refractivity contribution in [3.05, 3.63) is 48.4 Å². The van der Waals surface area contributed by atoms with Crippen molar-refractivity contribution in [1.82, 2.24) is 4.57 Å². The van der Waals surface area contributed by atoms with Crippen molar-refractivity contribution in [3.8, 4) is 5.75 Å². The van der Waals surface area contributed by atoms with Gasteiger partial charge in [0.25, 0.3) is 5.91 Å². The van der Waals surface area contributed by atoms with Gasteiger partial charge in [-0.1, -0.05) is 12.1 Å². The summed E-state index contributed by atoms with van der Waals surface area (Å²) in [7, 11) is 3.40. The topological polar surface area (TPSA) is 56.4 Å². The van der Waals surface area contributed by atoms with E-state index in [0.29, 0.717) is 22.7 Å². The van der Waals surface area contributed by atoms with Gasteiger partial charge in [0, 0.05) is 19.2 Å². The smallest absolute Gasteiger partial charge is 0.272 e. The molecule has 0 aliphatic rings. The summed E-state index contributed by atoms with van der Waals surface area (Å²) in [6.45, 7) is 0. The molecule has 0 bridgehead atoms. The SMILES string of the molecule is COc1ccccc1NC(=O)c1cc2occc2n1C. The molecule has 0 fully saturated rings. The first-order valence-electron chi connectivity index (χ1n) is 6.18. The number of nitrogens with one attached hydrogen (secondary N) is 1. The van der Waals surface area contributed by atoms with Crippen molar-refractivity contribution in [2.45, 2.75) is 0 Å². The number of carbonyl (C=O) groups excluding carboxylic acids is 1. The van der Waals surface area contributed by atoms with Crippen molar-refractivity contribution >= 4 is 22.7 Å². The first-order chi connectivity index (χ1) is 9.70. The van der Waals surface area contributed by atoms with Crippen molar-refractivity contribution < 1.29 is 13.9 Å². The molecule has 1 amide bonds. The minimum atomic E-state index is -0.205. The summed E-state index contributed by atoms with van der Waals surface area (Å²) >= 11 is 0. The number of hydrogen-bond acceptors (Lipinski definition) is 3. The summed E-state index contributed by atoms with van der Waals surface area (Å²) in [6.07, 6.45) is 1.60. The zero-order valence-electron chi connectivity index (χ0n) is 11.2. The standard InChI is InChI=1S/C15H14N2O3/c1-17-11-7-8-20-14(11)9-12(17)15(18)16-10-5-3-4-6-13(10)19-2/h3-9H,1-2H3,(H,16,18). The third-order valence-corrected chi connectivity index (χ3v) is 3.25. The van der Waals surface area contributed by atoms with Crippen LogP contribution in [0.4, 0.5) is 5.69 Å². The Labute approximate surface area is 115 Å². The highest BCUT2D eigenvalue weighted by molar-refractivity contribution is 6.06. The number of para-hydroxylation sites is 2. The van der Waals surface area contributed by atoms with Gasteiger partial charge in [-0.05, 0) is 12.1 Å². The van der Waals surface area contributed by atoms with E-state index in [2.05, 4.69) is 5.32 Å². The molecule has 3 rings (SSSR count). The van der Waals surface area contributed by atoms with Crippen LogP contribution < -0.4 is 10.1 Å². The summed E-state index contributed by atoms with van der Waals surface area (Å²) in [5.41, 5.74) is 2.75. The molecule has 0 aliphatic heterocycles. The van der Waals surface area contributed by atoms with Crippen LogP contribution in [-0.4, -0.2) is 17.6 Å². The van der Waals surface area contributed by atoms with E-state index >= 15 is 0 Å². The lowest BCUT2D eigenvalue weighted by molar-refractivity contribution is 0.101. The Bertz CT molecular complexity index is 770. The van der Waals surface area contributed by atoms with Crippen molar-refractivity contribution in [2.75, 3.05) is 12.4 Å². The van der Waals surface area contributed by atoms with Crippen molar-refractivity contribution in [1.29, 1.82) is 0 Å². The maximum atomic E-state index is 12.3. The Hall–Kier alpha value is -2.69. The highest BCUT2D eigenvalue weighted by atomic mass is 16.5. The fraction of sp³-hybridized carbons (Fsp3) is 0.133. The number of hydrogen-bond donors (Lipinski definition) is 1. The van der Waals surface area contributed by atoms with Gasteiger partial charge in [0.2, 0.25) is 0 Å². The Morgan fingerprint density at radius 3 is 2.85 bits per heavy atom. The molecule has 1 aromatic carbocycles. The minimum absolute atomic E-state index is 0.205. The summed E-state index contributed by atoms with van der Waals surface area (Å²) in [5.74, 6) is 0.419. The summed E-state index contributed by atoms with van der Waals surface area (Å²) in [5, 5.41) is 2.84. The van der Waals surface area contributed by atoms with Crippen molar-refractivity contribution in [2.24, 2.45) is 7.05 Å². The number of furan rings is 1. The second-order valence-electron chi connectivity index (χ2n) is 4.41. The summed E-state index contributed by atoms with van der Waals surface area (Å²) in [4.78, 5) is 12.3. The number of carbonyl (C=O) groups is 1. The van der Waals surface area contributed by atoms with Gasteiger partial charge >= 0.3 is 0 Å². The Morgan fingerprint density at radius 1 is 1.30 bits per heavy atom. The molecule has 102 valence electrons. The predicted molar refractivity (Wildman–Crippen MR) is 76.1 cm³/mol. The van der Waals surface area contributed by atoms with E-state index in [1.165, 1.54) is 0 Å². The number of aryl methyl sites for hydroxylation is 1. The molecule has 20 heavy (non-hydrogen) atoms. The Morgan fingerprint density at radius 2 is 2.10 bits per heavy atom. The van der Waals surface area contributed by atoms with Crippen LogP contribution in [0.1, 0.15) is 10.5 Å². The lowest BCUT2D eigenvalue weighted by atomic mass is 10.3. The average molecular weight is 270 g/mol. The van der Waals surface area contributed by atoms with Gasteiger partial charge in [-0.25, -0.2) is 0 Å². The fourth-order valence-corrected chi connectivity index (χ4v) is 2.20. The average Bonchev–Trinajstić information content (AvgIpc) is 3.03. The second kappa shape index (κ2) is 4.77. The van der Waals surface area contributed by atoms with Gasteiger partial charge in [-0.15, -0.1) is 0 Å². The van der Waals surface area contributed by atoms with Gasteiger partial charge in [-0.2, -0.15) is 0 Å². The molecular weight excluding hydrogens is 256 g/mol. The Balaban J connectivity index is 1.93. The highest BCUT2D eigenvalue weighted by Crippen LogP contribution is 2.25. The third kappa shape index (κ3) is 1.93. The zero-order valence-corrected chi connectivity index (χ0v) is 11.2.